The molecule has 7 heteroatoms. The second kappa shape index (κ2) is 6.18. The van der Waals surface area contributed by atoms with Gasteiger partial charge in [-0.2, -0.15) is 0 Å². The van der Waals surface area contributed by atoms with Gasteiger partial charge in [0.2, 0.25) is 5.95 Å². The molecule has 0 spiro atoms. The number of rotatable bonds is 4. The number of hydrogen-bond acceptors (Lipinski definition) is 6. The average molecular weight is 336 g/mol. The van der Waals surface area contributed by atoms with Crippen LogP contribution < -0.4 is 10.6 Å². The third kappa shape index (κ3) is 2.94. The van der Waals surface area contributed by atoms with E-state index in [1.807, 2.05) is 53.2 Å². The Bertz CT molecular complexity index is 856. The molecule has 1 aromatic carbocycles. The van der Waals surface area contributed by atoms with Crippen molar-refractivity contribution in [2.45, 2.75) is 24.9 Å². The normalized spacial score (nSPS) is 19.4. The standard InChI is InChI=1S/C18H20N6O/c1-23(14-8-12(19)9-14)18-20-11-16(21-22-18)15-5-4-13(10-17(15)25)24-6-2-3-7-24/h2-7,10-12,14,25H,8-9,19H2,1H3. The highest BCUT2D eigenvalue weighted by Crippen LogP contribution is 2.30. The van der Waals surface area contributed by atoms with Crippen LogP contribution >= 0.6 is 0 Å². The summed E-state index contributed by atoms with van der Waals surface area (Å²) in [5, 5.41) is 18.8. The molecule has 1 saturated carbocycles. The number of benzene rings is 1. The molecule has 1 aliphatic rings. The lowest BCUT2D eigenvalue weighted by Gasteiger charge is -2.39. The van der Waals surface area contributed by atoms with Crippen molar-refractivity contribution in [3.63, 3.8) is 0 Å². The molecule has 7 nitrogen and oxygen atoms in total. The van der Waals surface area contributed by atoms with Crippen molar-refractivity contribution in [2.75, 3.05) is 11.9 Å². The van der Waals surface area contributed by atoms with E-state index in [1.54, 1.807) is 12.3 Å². The minimum absolute atomic E-state index is 0.147. The van der Waals surface area contributed by atoms with E-state index in [4.69, 9.17) is 5.73 Å². The minimum Gasteiger partial charge on any atom is -0.507 e. The van der Waals surface area contributed by atoms with Crippen LogP contribution in [-0.2, 0) is 0 Å². The number of aromatic nitrogens is 4. The van der Waals surface area contributed by atoms with Crippen molar-refractivity contribution in [3.8, 4) is 22.7 Å². The maximum atomic E-state index is 10.4. The van der Waals surface area contributed by atoms with Gasteiger partial charge in [0.25, 0.3) is 0 Å². The Balaban J connectivity index is 1.56. The second-order valence-electron chi connectivity index (χ2n) is 6.43. The summed E-state index contributed by atoms with van der Waals surface area (Å²) >= 11 is 0. The Morgan fingerprint density at radius 3 is 2.56 bits per heavy atom. The van der Waals surface area contributed by atoms with Crippen LogP contribution in [0.15, 0.2) is 48.9 Å². The molecule has 0 unspecified atom stereocenters. The molecule has 1 aliphatic carbocycles. The molecule has 0 aliphatic heterocycles. The Morgan fingerprint density at radius 2 is 1.96 bits per heavy atom. The van der Waals surface area contributed by atoms with Crippen LogP contribution in [0, 0.1) is 0 Å². The lowest BCUT2D eigenvalue weighted by molar-refractivity contribution is 0.336. The van der Waals surface area contributed by atoms with Crippen molar-refractivity contribution < 1.29 is 5.11 Å². The molecule has 4 rings (SSSR count). The van der Waals surface area contributed by atoms with Gasteiger partial charge in [0.05, 0.1) is 6.20 Å². The first-order chi connectivity index (χ1) is 12.1. The van der Waals surface area contributed by atoms with Gasteiger partial charge in [0.1, 0.15) is 11.4 Å². The largest absolute Gasteiger partial charge is 0.507 e. The fourth-order valence-electron chi connectivity index (χ4n) is 3.07. The summed E-state index contributed by atoms with van der Waals surface area (Å²) in [6.07, 6.45) is 7.38. The molecule has 0 bridgehead atoms. The number of phenols is 1. The number of nitrogens with two attached hydrogens (primary N) is 1. The van der Waals surface area contributed by atoms with Crippen LogP contribution in [0.25, 0.3) is 16.9 Å². The summed E-state index contributed by atoms with van der Waals surface area (Å²) in [6, 6.07) is 9.96. The third-order valence-corrected chi connectivity index (χ3v) is 4.72. The number of nitrogens with zero attached hydrogens (tertiary/aromatic N) is 5. The summed E-state index contributed by atoms with van der Waals surface area (Å²) in [6.45, 7) is 0. The van der Waals surface area contributed by atoms with Crippen LogP contribution in [0.1, 0.15) is 12.8 Å². The Morgan fingerprint density at radius 1 is 1.20 bits per heavy atom. The maximum absolute atomic E-state index is 10.4. The van der Waals surface area contributed by atoms with Gasteiger partial charge in [0.15, 0.2) is 0 Å². The van der Waals surface area contributed by atoms with Crippen molar-refractivity contribution >= 4 is 5.95 Å². The monoisotopic (exact) mass is 336 g/mol. The van der Waals surface area contributed by atoms with Gasteiger partial charge < -0.3 is 20.3 Å². The predicted molar refractivity (Wildman–Crippen MR) is 95.7 cm³/mol. The lowest BCUT2D eigenvalue weighted by atomic mass is 9.87. The maximum Gasteiger partial charge on any atom is 0.245 e. The quantitative estimate of drug-likeness (QED) is 0.756. The average Bonchev–Trinajstić information content (AvgIpc) is 3.13. The zero-order valence-electron chi connectivity index (χ0n) is 13.9. The van der Waals surface area contributed by atoms with Crippen LogP contribution in [0.4, 0.5) is 5.95 Å². The molecule has 0 radical (unpaired) electrons. The first kappa shape index (κ1) is 15.6. The van der Waals surface area contributed by atoms with E-state index in [-0.39, 0.29) is 11.8 Å². The molecular weight excluding hydrogens is 316 g/mol. The van der Waals surface area contributed by atoms with E-state index >= 15 is 0 Å². The summed E-state index contributed by atoms with van der Waals surface area (Å²) in [5.41, 5.74) is 7.86. The van der Waals surface area contributed by atoms with Gasteiger partial charge >= 0.3 is 0 Å². The van der Waals surface area contributed by atoms with E-state index in [2.05, 4.69) is 15.2 Å². The highest BCUT2D eigenvalue weighted by Gasteiger charge is 2.30. The van der Waals surface area contributed by atoms with Gasteiger partial charge in [-0.15, -0.1) is 10.2 Å². The van der Waals surface area contributed by atoms with Crippen molar-refractivity contribution in [2.24, 2.45) is 5.73 Å². The highest BCUT2D eigenvalue weighted by molar-refractivity contribution is 5.68. The topological polar surface area (TPSA) is 93.1 Å². The Hall–Kier alpha value is -2.93. The first-order valence-corrected chi connectivity index (χ1v) is 8.26. The van der Waals surface area contributed by atoms with Crippen molar-refractivity contribution in [1.82, 2.24) is 19.7 Å². The van der Waals surface area contributed by atoms with Crippen LogP contribution in [0.3, 0.4) is 0 Å². The Labute approximate surface area is 145 Å². The van der Waals surface area contributed by atoms with Gasteiger partial charge in [-0.05, 0) is 37.1 Å². The predicted octanol–water partition coefficient (Wildman–Crippen LogP) is 1.96. The van der Waals surface area contributed by atoms with E-state index in [1.165, 1.54) is 0 Å². The van der Waals surface area contributed by atoms with Gasteiger partial charge in [-0.25, -0.2) is 4.98 Å². The van der Waals surface area contributed by atoms with Crippen LogP contribution in [0.2, 0.25) is 0 Å². The SMILES string of the molecule is CN(c1ncc(-c2ccc(-n3cccc3)cc2O)nn1)C1CC(N)C1. The van der Waals surface area contributed by atoms with E-state index in [0.29, 0.717) is 23.2 Å². The number of anilines is 1. The van der Waals surface area contributed by atoms with Crippen molar-refractivity contribution in [3.05, 3.63) is 48.9 Å². The third-order valence-electron chi connectivity index (χ3n) is 4.72. The zero-order valence-corrected chi connectivity index (χ0v) is 13.9. The molecular formula is C18H20N6O. The number of aromatic hydroxyl groups is 1. The molecule has 25 heavy (non-hydrogen) atoms. The van der Waals surface area contributed by atoms with Gasteiger partial charge in [-0.1, -0.05) is 0 Å². The lowest BCUT2D eigenvalue weighted by Crippen LogP contribution is -2.49. The molecule has 0 amide bonds. The van der Waals surface area contributed by atoms with E-state index in [0.717, 1.165) is 18.5 Å². The molecule has 3 N–H and O–H groups in total. The summed E-state index contributed by atoms with van der Waals surface area (Å²) in [7, 11) is 1.95. The van der Waals surface area contributed by atoms with E-state index < -0.39 is 0 Å². The summed E-state index contributed by atoms with van der Waals surface area (Å²) in [5.74, 6) is 0.720. The molecule has 128 valence electrons. The molecule has 3 aromatic rings. The second-order valence-corrected chi connectivity index (χ2v) is 6.43. The van der Waals surface area contributed by atoms with E-state index in [9.17, 15) is 5.11 Å². The minimum atomic E-state index is 0.147. The van der Waals surface area contributed by atoms with Gasteiger partial charge in [-0.3, -0.25) is 0 Å². The fraction of sp³-hybridized carbons (Fsp3) is 0.278. The van der Waals surface area contributed by atoms with Crippen LogP contribution in [0.5, 0.6) is 5.75 Å². The van der Waals surface area contributed by atoms with Crippen molar-refractivity contribution in [1.29, 1.82) is 0 Å². The smallest absolute Gasteiger partial charge is 0.245 e. The summed E-state index contributed by atoms with van der Waals surface area (Å²) in [4.78, 5) is 6.40. The first-order valence-electron chi connectivity index (χ1n) is 8.26. The number of hydrogen-bond donors (Lipinski definition) is 2. The molecule has 2 heterocycles. The highest BCUT2D eigenvalue weighted by atomic mass is 16.3. The molecule has 0 atom stereocenters. The summed E-state index contributed by atoms with van der Waals surface area (Å²) < 4.78 is 1.93. The Kier molecular flexibility index (Phi) is 3.85. The molecule has 2 aromatic heterocycles. The number of phenolic OH excluding ortho intramolecular Hbond substituents is 1. The van der Waals surface area contributed by atoms with Crippen LogP contribution in [-0.4, -0.2) is 44.0 Å². The van der Waals surface area contributed by atoms with Gasteiger partial charge in [0, 0.05) is 48.8 Å². The fourth-order valence-corrected chi connectivity index (χ4v) is 3.07. The molecule has 0 saturated heterocycles. The molecule has 1 fully saturated rings. The zero-order chi connectivity index (χ0) is 17.4.